The Morgan fingerprint density at radius 1 is 1.32 bits per heavy atom. The van der Waals surface area contributed by atoms with Gasteiger partial charge in [0.1, 0.15) is 0 Å². The molecule has 2 atom stereocenters. The van der Waals surface area contributed by atoms with Crippen molar-refractivity contribution in [3.8, 4) is 11.5 Å². The molecule has 3 N–H and O–H groups in total. The molecule has 0 saturated carbocycles. The van der Waals surface area contributed by atoms with Crippen LogP contribution in [0.5, 0.6) is 11.5 Å². The Labute approximate surface area is 148 Å². The summed E-state index contributed by atoms with van der Waals surface area (Å²) in [4.78, 5) is 26.7. The minimum absolute atomic E-state index is 0.0324. The van der Waals surface area contributed by atoms with Crippen molar-refractivity contribution in [2.45, 2.75) is 19.4 Å². The zero-order chi connectivity index (χ0) is 18.4. The molecule has 7 nitrogen and oxygen atoms in total. The van der Waals surface area contributed by atoms with E-state index >= 15 is 0 Å². The molecule has 0 aliphatic carbocycles. The van der Waals surface area contributed by atoms with Crippen LogP contribution in [0.1, 0.15) is 18.4 Å². The molecule has 0 radical (unpaired) electrons. The van der Waals surface area contributed by atoms with Crippen LogP contribution in [-0.2, 0) is 16.1 Å². The first-order chi connectivity index (χ1) is 12.0. The summed E-state index contributed by atoms with van der Waals surface area (Å²) in [6, 6.07) is 5.62. The van der Waals surface area contributed by atoms with E-state index in [2.05, 4.69) is 0 Å². The summed E-state index contributed by atoms with van der Waals surface area (Å²) < 4.78 is 10.7. The number of likely N-dealkylation sites (tertiary alicyclic amines) is 1. The van der Waals surface area contributed by atoms with Crippen molar-refractivity contribution in [1.82, 2.24) is 4.90 Å². The lowest BCUT2D eigenvalue weighted by Crippen LogP contribution is -3.14. The number of nitrogens with one attached hydrogen (secondary N) is 1. The van der Waals surface area contributed by atoms with E-state index in [9.17, 15) is 9.59 Å². The number of ether oxygens (including phenoxy) is 2. The highest BCUT2D eigenvalue weighted by Gasteiger charge is 2.29. The lowest BCUT2D eigenvalue weighted by Gasteiger charge is -2.29. The summed E-state index contributed by atoms with van der Waals surface area (Å²) >= 11 is 0. The van der Waals surface area contributed by atoms with Crippen LogP contribution in [-0.4, -0.2) is 57.6 Å². The number of quaternary nitrogens is 1. The summed E-state index contributed by atoms with van der Waals surface area (Å²) in [6.07, 6.45) is 1.74. The molecule has 1 aromatic rings. The van der Waals surface area contributed by atoms with Gasteiger partial charge in [0.2, 0.25) is 5.91 Å². The molecule has 1 saturated heterocycles. The van der Waals surface area contributed by atoms with Crippen LogP contribution in [0.2, 0.25) is 0 Å². The van der Waals surface area contributed by atoms with Gasteiger partial charge < -0.3 is 25.0 Å². The molecule has 2 amide bonds. The Bertz CT molecular complexity index is 620. The van der Waals surface area contributed by atoms with Crippen LogP contribution < -0.4 is 20.1 Å². The highest BCUT2D eigenvalue weighted by atomic mass is 16.5. The largest absolute Gasteiger partial charge is 0.493 e. The molecular weight excluding hydrogens is 322 g/mol. The van der Waals surface area contributed by atoms with Gasteiger partial charge in [0.15, 0.2) is 18.0 Å². The van der Waals surface area contributed by atoms with E-state index in [0.29, 0.717) is 31.1 Å². The molecule has 1 aliphatic heterocycles. The van der Waals surface area contributed by atoms with Gasteiger partial charge in [-0.3, -0.25) is 9.59 Å². The summed E-state index contributed by atoms with van der Waals surface area (Å²) in [5.74, 6) is 0.931. The van der Waals surface area contributed by atoms with E-state index in [0.717, 1.165) is 29.8 Å². The third-order valence-electron chi connectivity index (χ3n) is 4.74. The molecule has 7 heteroatoms. The van der Waals surface area contributed by atoms with Crippen LogP contribution in [0.4, 0.5) is 0 Å². The fraction of sp³-hybridized carbons (Fsp3) is 0.556. The van der Waals surface area contributed by atoms with Gasteiger partial charge in [-0.15, -0.1) is 0 Å². The molecule has 1 unspecified atom stereocenters. The number of rotatable bonds is 7. The number of hydrogen-bond acceptors (Lipinski definition) is 4. The molecule has 138 valence electrons. The number of likely N-dealkylation sites (N-methyl/N-ethyl adjacent to an activating group) is 1. The number of hydrogen-bond donors (Lipinski definition) is 2. The van der Waals surface area contributed by atoms with Crippen LogP contribution in [0, 0.1) is 5.92 Å². The predicted octanol–water partition coefficient (Wildman–Crippen LogP) is -0.558. The number of methoxy groups -OCH3 is 2. The van der Waals surface area contributed by atoms with Gasteiger partial charge in [-0.25, -0.2) is 0 Å². The topological polar surface area (TPSA) is 86.3 Å². The predicted molar refractivity (Wildman–Crippen MR) is 93.5 cm³/mol. The van der Waals surface area contributed by atoms with Crippen molar-refractivity contribution in [2.75, 3.05) is 40.9 Å². The smallest absolute Gasteiger partial charge is 0.277 e. The summed E-state index contributed by atoms with van der Waals surface area (Å²) in [5, 5.41) is 0. The van der Waals surface area contributed by atoms with Gasteiger partial charge in [-0.2, -0.15) is 0 Å². The maximum atomic E-state index is 12.6. The maximum Gasteiger partial charge on any atom is 0.277 e. The Kier molecular flexibility index (Phi) is 6.64. The zero-order valence-corrected chi connectivity index (χ0v) is 15.2. The first kappa shape index (κ1) is 19.1. The first-order valence-electron chi connectivity index (χ1n) is 8.53. The van der Waals surface area contributed by atoms with E-state index in [-0.39, 0.29) is 17.7 Å². The number of carbonyl (C=O) groups is 2. The number of amides is 2. The standard InChI is InChI=1S/C18H27N3O4/c1-20(10-13-6-4-8-15(24-2)17(13)25-3)16(22)12-21-9-5-7-14(11-21)18(19)23/h4,6,8,14H,5,7,9-12H2,1-3H3,(H2,19,23)/p+1/t14-/m1/s1. The third-order valence-corrected chi connectivity index (χ3v) is 4.74. The molecule has 0 bridgehead atoms. The van der Waals surface area contributed by atoms with E-state index in [1.54, 1.807) is 26.2 Å². The van der Waals surface area contributed by atoms with Crippen LogP contribution in [0.25, 0.3) is 0 Å². The highest BCUT2D eigenvalue weighted by molar-refractivity contribution is 5.78. The lowest BCUT2D eigenvalue weighted by molar-refractivity contribution is -0.899. The van der Waals surface area contributed by atoms with Crippen molar-refractivity contribution in [1.29, 1.82) is 0 Å². The number of primary amides is 1. The van der Waals surface area contributed by atoms with Crippen molar-refractivity contribution in [2.24, 2.45) is 11.7 Å². The molecule has 1 fully saturated rings. The molecule has 1 aliphatic rings. The Hall–Kier alpha value is -2.28. The first-order valence-corrected chi connectivity index (χ1v) is 8.53. The minimum Gasteiger partial charge on any atom is -0.493 e. The molecule has 25 heavy (non-hydrogen) atoms. The second-order valence-corrected chi connectivity index (χ2v) is 6.52. The Morgan fingerprint density at radius 2 is 2.08 bits per heavy atom. The van der Waals surface area contributed by atoms with E-state index in [1.165, 1.54) is 0 Å². The molecule has 0 aromatic heterocycles. The number of piperidine rings is 1. The van der Waals surface area contributed by atoms with Gasteiger partial charge in [0, 0.05) is 19.2 Å². The van der Waals surface area contributed by atoms with Crippen molar-refractivity contribution < 1.29 is 24.0 Å². The van der Waals surface area contributed by atoms with E-state index in [1.807, 2.05) is 18.2 Å². The summed E-state index contributed by atoms with van der Waals surface area (Å²) in [5.41, 5.74) is 6.30. The lowest BCUT2D eigenvalue weighted by atomic mass is 9.97. The quantitative estimate of drug-likeness (QED) is 0.690. The summed E-state index contributed by atoms with van der Waals surface area (Å²) in [7, 11) is 4.95. The van der Waals surface area contributed by atoms with Crippen LogP contribution in [0.15, 0.2) is 18.2 Å². The molecular formula is C18H28N3O4+. The number of nitrogens with two attached hydrogens (primary N) is 1. The second kappa shape index (κ2) is 8.71. The van der Waals surface area contributed by atoms with E-state index in [4.69, 9.17) is 15.2 Å². The van der Waals surface area contributed by atoms with Crippen molar-refractivity contribution in [3.05, 3.63) is 23.8 Å². The average Bonchev–Trinajstić information content (AvgIpc) is 2.61. The molecule has 0 spiro atoms. The Balaban J connectivity index is 1.98. The Morgan fingerprint density at radius 3 is 2.72 bits per heavy atom. The van der Waals surface area contributed by atoms with Crippen LogP contribution >= 0.6 is 0 Å². The van der Waals surface area contributed by atoms with Gasteiger partial charge in [0.25, 0.3) is 5.91 Å². The maximum absolute atomic E-state index is 12.6. The number of para-hydroxylation sites is 1. The zero-order valence-electron chi connectivity index (χ0n) is 15.2. The monoisotopic (exact) mass is 350 g/mol. The minimum atomic E-state index is -0.265. The SMILES string of the molecule is COc1cccc(CN(C)C(=O)C[NH+]2CCC[C@@H](C(N)=O)C2)c1OC. The number of nitrogens with zero attached hydrogens (tertiary/aromatic N) is 1. The van der Waals surface area contributed by atoms with Crippen molar-refractivity contribution >= 4 is 11.8 Å². The van der Waals surface area contributed by atoms with Gasteiger partial charge in [-0.05, 0) is 18.9 Å². The molecule has 1 heterocycles. The fourth-order valence-electron chi connectivity index (χ4n) is 3.33. The normalized spacial score (nSPS) is 20.0. The highest BCUT2D eigenvalue weighted by Crippen LogP contribution is 2.31. The van der Waals surface area contributed by atoms with E-state index < -0.39 is 0 Å². The van der Waals surface area contributed by atoms with Gasteiger partial charge >= 0.3 is 0 Å². The van der Waals surface area contributed by atoms with Crippen LogP contribution in [0.3, 0.4) is 0 Å². The number of benzene rings is 1. The third kappa shape index (κ3) is 4.85. The number of carbonyl (C=O) groups excluding carboxylic acids is 2. The van der Waals surface area contributed by atoms with Gasteiger partial charge in [0.05, 0.1) is 33.2 Å². The summed E-state index contributed by atoms with van der Waals surface area (Å²) in [6.45, 7) is 2.33. The fourth-order valence-corrected chi connectivity index (χ4v) is 3.33. The van der Waals surface area contributed by atoms with Crippen molar-refractivity contribution in [3.63, 3.8) is 0 Å². The van der Waals surface area contributed by atoms with Gasteiger partial charge in [-0.1, -0.05) is 12.1 Å². The molecule has 1 aromatic carbocycles. The average molecular weight is 350 g/mol. The molecule has 2 rings (SSSR count). The second-order valence-electron chi connectivity index (χ2n) is 6.52.